The monoisotopic (exact) mass is 278 g/mol. The van der Waals surface area contributed by atoms with Gasteiger partial charge >= 0.3 is 17.4 Å². The molecule has 0 aromatic heterocycles. The molecule has 0 bridgehead atoms. The van der Waals surface area contributed by atoms with Gasteiger partial charge in [0.1, 0.15) is 0 Å². The molecule has 0 aliphatic carbocycles. The van der Waals surface area contributed by atoms with Gasteiger partial charge in [-0.15, -0.1) is 6.10 Å². The summed E-state index contributed by atoms with van der Waals surface area (Å²) in [5.41, 5.74) is 0. The molecule has 0 aromatic rings. The fraction of sp³-hybridized carbons (Fsp3) is 1.00. The molecular formula is C12H27AlO5. The van der Waals surface area contributed by atoms with Crippen LogP contribution in [-0.2, 0) is 9.47 Å². The zero-order chi connectivity index (χ0) is 14.3. The number of hydrogen-bond acceptors (Lipinski definition) is 5. The van der Waals surface area contributed by atoms with Gasteiger partial charge in [-0.25, -0.2) is 0 Å². The van der Waals surface area contributed by atoms with E-state index >= 15 is 0 Å². The third kappa shape index (κ3) is 71.4. The maximum Gasteiger partial charge on any atom is 3.00 e. The van der Waals surface area contributed by atoms with Gasteiger partial charge in [0.05, 0.1) is 0 Å². The quantitative estimate of drug-likeness (QED) is 0.374. The van der Waals surface area contributed by atoms with Crippen molar-refractivity contribution in [2.45, 2.75) is 66.1 Å². The molecule has 18 heavy (non-hydrogen) atoms. The predicted octanol–water partition coefficient (Wildman–Crippen LogP) is -0.777. The standard InChI is InChI=1S/C6H13O2.C3H7O2.C3H7O.Al/c1-3-4-5-8-6(2)7;1-3(4)5-2;1-3(2)4;/h6H,3-5H2,1-2H3;3H,1-2H3;3H,1-2H3;/q3*-1;+3. The average molecular weight is 278 g/mol. The van der Waals surface area contributed by atoms with E-state index in [1.54, 1.807) is 13.8 Å². The summed E-state index contributed by atoms with van der Waals surface area (Å²) in [6.45, 7) is 8.86. The molecule has 0 amide bonds. The van der Waals surface area contributed by atoms with Crippen LogP contribution in [0.3, 0.4) is 0 Å². The van der Waals surface area contributed by atoms with Crippen molar-refractivity contribution in [3.63, 3.8) is 0 Å². The second kappa shape index (κ2) is 22.5. The topological polar surface area (TPSA) is 87.6 Å². The van der Waals surface area contributed by atoms with Crippen LogP contribution in [-0.4, -0.2) is 49.8 Å². The molecule has 0 aromatic carbocycles. The van der Waals surface area contributed by atoms with E-state index in [-0.39, 0.29) is 17.4 Å². The average Bonchev–Trinajstić information content (AvgIpc) is 2.17. The van der Waals surface area contributed by atoms with Gasteiger partial charge in [-0.3, -0.25) is 0 Å². The van der Waals surface area contributed by atoms with E-state index in [1.807, 2.05) is 0 Å². The van der Waals surface area contributed by atoms with Crippen molar-refractivity contribution >= 4 is 17.4 Å². The van der Waals surface area contributed by atoms with Gasteiger partial charge in [-0.1, -0.05) is 41.0 Å². The van der Waals surface area contributed by atoms with Gasteiger partial charge in [0, 0.05) is 13.7 Å². The Morgan fingerprint density at radius 3 is 1.44 bits per heavy atom. The van der Waals surface area contributed by atoms with E-state index in [4.69, 9.17) is 4.74 Å². The van der Waals surface area contributed by atoms with E-state index in [0.29, 0.717) is 6.61 Å². The molecule has 0 saturated heterocycles. The summed E-state index contributed by atoms with van der Waals surface area (Å²) in [6.07, 6.45) is -0.0456. The summed E-state index contributed by atoms with van der Waals surface area (Å²) < 4.78 is 8.92. The molecular weight excluding hydrogens is 251 g/mol. The van der Waals surface area contributed by atoms with Gasteiger partial charge in [0.25, 0.3) is 0 Å². The van der Waals surface area contributed by atoms with Crippen molar-refractivity contribution in [3.05, 3.63) is 0 Å². The fourth-order valence-electron chi connectivity index (χ4n) is 0.394. The fourth-order valence-corrected chi connectivity index (χ4v) is 0.394. The Labute approximate surface area is 122 Å². The maximum absolute atomic E-state index is 10.2. The molecule has 2 atom stereocenters. The van der Waals surface area contributed by atoms with E-state index in [2.05, 4.69) is 11.7 Å². The van der Waals surface area contributed by atoms with Gasteiger partial charge in [-0.05, 0) is 19.0 Å². The zero-order valence-electron chi connectivity index (χ0n) is 12.5. The van der Waals surface area contributed by atoms with Crippen LogP contribution in [0.1, 0.15) is 47.5 Å². The Balaban J connectivity index is -0.0000000855. The minimum atomic E-state index is -0.866. The first kappa shape index (κ1) is 26.8. The molecule has 0 N–H and O–H groups in total. The molecule has 0 fully saturated rings. The molecule has 0 rings (SSSR count). The Morgan fingerprint density at radius 2 is 1.28 bits per heavy atom. The number of unbranched alkanes of at least 4 members (excludes halogenated alkanes) is 1. The summed E-state index contributed by atoms with van der Waals surface area (Å²) in [5, 5.41) is 29.4. The molecule has 6 heteroatoms. The number of ether oxygens (including phenoxy) is 2. The minimum absolute atomic E-state index is 0. The summed E-state index contributed by atoms with van der Waals surface area (Å²) in [4.78, 5) is 0. The summed E-state index contributed by atoms with van der Waals surface area (Å²) >= 11 is 0. The van der Waals surface area contributed by atoms with Crippen LogP contribution in [0.5, 0.6) is 0 Å². The molecule has 5 nitrogen and oxygen atoms in total. The Kier molecular flexibility index (Phi) is 33.5. The molecule has 108 valence electrons. The van der Waals surface area contributed by atoms with Crippen molar-refractivity contribution in [1.29, 1.82) is 0 Å². The van der Waals surface area contributed by atoms with E-state index in [9.17, 15) is 15.3 Å². The maximum atomic E-state index is 10.2. The second-order valence-electron chi connectivity index (χ2n) is 3.64. The Hall–Kier alpha value is 0.332. The third-order valence-electron chi connectivity index (χ3n) is 1.18. The van der Waals surface area contributed by atoms with Crippen molar-refractivity contribution in [1.82, 2.24) is 0 Å². The second-order valence-corrected chi connectivity index (χ2v) is 3.64. The van der Waals surface area contributed by atoms with Gasteiger partial charge in [0.2, 0.25) is 0 Å². The SMILES string of the molecule is CC(C)[O-].CCCCOC(C)[O-].COC(C)[O-].[Al+3]. The van der Waals surface area contributed by atoms with Crippen LogP contribution in [0, 0.1) is 0 Å². The van der Waals surface area contributed by atoms with E-state index in [1.165, 1.54) is 21.0 Å². The summed E-state index contributed by atoms with van der Waals surface area (Å²) in [5.74, 6) is 0. The first-order chi connectivity index (χ1) is 7.77. The molecule has 0 saturated carbocycles. The first-order valence-corrected chi connectivity index (χ1v) is 5.89. The van der Waals surface area contributed by atoms with Crippen molar-refractivity contribution < 1.29 is 24.8 Å². The number of hydrogen-bond donors (Lipinski definition) is 0. The van der Waals surface area contributed by atoms with E-state index < -0.39 is 18.7 Å². The van der Waals surface area contributed by atoms with Crippen molar-refractivity contribution in [2.24, 2.45) is 0 Å². The number of rotatable bonds is 5. The normalized spacial score (nSPS) is 12.3. The van der Waals surface area contributed by atoms with Gasteiger partial charge in [0.15, 0.2) is 0 Å². The largest absolute Gasteiger partial charge is 3.00 e. The van der Waals surface area contributed by atoms with Crippen LogP contribution in [0.15, 0.2) is 0 Å². The number of methoxy groups -OCH3 is 1. The molecule has 0 spiro atoms. The molecule has 2 unspecified atom stereocenters. The summed E-state index contributed by atoms with van der Waals surface area (Å²) in [6, 6.07) is 0. The van der Waals surface area contributed by atoms with Crippen LogP contribution >= 0.6 is 0 Å². The molecule has 0 aliphatic rings. The van der Waals surface area contributed by atoms with Gasteiger partial charge in [-0.2, -0.15) is 0 Å². The van der Waals surface area contributed by atoms with Crippen LogP contribution < -0.4 is 15.3 Å². The molecule has 0 aliphatic heterocycles. The first-order valence-electron chi connectivity index (χ1n) is 5.89. The third-order valence-corrected chi connectivity index (χ3v) is 1.18. The van der Waals surface area contributed by atoms with Crippen LogP contribution in [0.4, 0.5) is 0 Å². The minimum Gasteiger partial charge on any atom is -0.852 e. The predicted molar refractivity (Wildman–Crippen MR) is 67.7 cm³/mol. The van der Waals surface area contributed by atoms with Crippen molar-refractivity contribution in [3.8, 4) is 0 Å². The van der Waals surface area contributed by atoms with Crippen LogP contribution in [0.2, 0.25) is 0 Å². The Bertz CT molecular complexity index is 118. The molecule has 0 heterocycles. The molecule has 0 radical (unpaired) electrons. The summed E-state index contributed by atoms with van der Waals surface area (Å²) in [7, 11) is 1.39. The smallest absolute Gasteiger partial charge is 0.852 e. The van der Waals surface area contributed by atoms with Crippen LogP contribution in [0.25, 0.3) is 0 Å². The van der Waals surface area contributed by atoms with E-state index in [0.717, 1.165) is 12.8 Å². The van der Waals surface area contributed by atoms with Crippen molar-refractivity contribution in [2.75, 3.05) is 13.7 Å². The zero-order valence-corrected chi connectivity index (χ0v) is 13.6. The Morgan fingerprint density at radius 1 is 0.944 bits per heavy atom. The van der Waals surface area contributed by atoms with Gasteiger partial charge < -0.3 is 24.8 Å².